The fourth-order valence-electron chi connectivity index (χ4n) is 1.68. The molecule has 0 aliphatic carbocycles. The van der Waals surface area contributed by atoms with Crippen LogP contribution in [0, 0.1) is 11.8 Å². The average molecular weight is 183 g/mol. The lowest BCUT2D eigenvalue weighted by Crippen LogP contribution is -2.21. The van der Waals surface area contributed by atoms with Crippen LogP contribution in [0.3, 0.4) is 0 Å². The molecule has 0 atom stereocenters. The van der Waals surface area contributed by atoms with E-state index in [9.17, 15) is 0 Å². The maximum Gasteiger partial charge on any atom is 0.0699 e. The smallest absolute Gasteiger partial charge is 0.0699 e. The van der Waals surface area contributed by atoms with Crippen molar-refractivity contribution in [2.24, 2.45) is 11.8 Å². The molecular formula is C11H21NO. The van der Waals surface area contributed by atoms with Crippen LogP contribution in [0.15, 0.2) is 11.3 Å². The van der Waals surface area contributed by atoms with Crippen molar-refractivity contribution in [1.29, 1.82) is 0 Å². The van der Waals surface area contributed by atoms with Crippen LogP contribution < -0.4 is 5.32 Å². The Kier molecular flexibility index (Phi) is 3.79. The summed E-state index contributed by atoms with van der Waals surface area (Å²) in [4.78, 5) is 0. The lowest BCUT2D eigenvalue weighted by molar-refractivity contribution is 0.161. The molecule has 0 amide bonds. The van der Waals surface area contributed by atoms with Crippen molar-refractivity contribution < 1.29 is 4.74 Å². The van der Waals surface area contributed by atoms with Crippen molar-refractivity contribution in [2.75, 3.05) is 19.8 Å². The van der Waals surface area contributed by atoms with Crippen LogP contribution in [0.1, 0.15) is 27.7 Å². The molecule has 76 valence electrons. The first-order chi connectivity index (χ1) is 6.13. The highest BCUT2D eigenvalue weighted by atomic mass is 16.5. The Labute approximate surface area is 81.4 Å². The van der Waals surface area contributed by atoms with Gasteiger partial charge in [0.2, 0.25) is 0 Å². The van der Waals surface area contributed by atoms with Crippen LogP contribution in [-0.2, 0) is 4.74 Å². The van der Waals surface area contributed by atoms with E-state index < -0.39 is 0 Å². The van der Waals surface area contributed by atoms with Crippen molar-refractivity contribution >= 4 is 0 Å². The van der Waals surface area contributed by atoms with Crippen molar-refractivity contribution in [3.63, 3.8) is 0 Å². The topological polar surface area (TPSA) is 21.3 Å². The van der Waals surface area contributed by atoms with Crippen molar-refractivity contribution in [2.45, 2.75) is 27.7 Å². The molecule has 0 saturated heterocycles. The predicted molar refractivity (Wildman–Crippen MR) is 55.5 cm³/mol. The largest absolute Gasteiger partial charge is 0.386 e. The van der Waals surface area contributed by atoms with E-state index in [0.29, 0.717) is 11.8 Å². The van der Waals surface area contributed by atoms with E-state index >= 15 is 0 Å². The minimum atomic E-state index is 0.582. The second-order valence-electron chi connectivity index (χ2n) is 4.23. The molecule has 2 nitrogen and oxygen atoms in total. The molecule has 1 rings (SSSR count). The Morgan fingerprint density at radius 3 is 2.38 bits per heavy atom. The van der Waals surface area contributed by atoms with Crippen molar-refractivity contribution in [3.8, 4) is 0 Å². The van der Waals surface area contributed by atoms with Crippen molar-refractivity contribution in [3.05, 3.63) is 11.3 Å². The van der Waals surface area contributed by atoms with Crippen molar-refractivity contribution in [1.82, 2.24) is 5.32 Å². The summed E-state index contributed by atoms with van der Waals surface area (Å²) in [7, 11) is 0. The van der Waals surface area contributed by atoms with Gasteiger partial charge in [-0.25, -0.2) is 0 Å². The molecule has 2 heteroatoms. The molecule has 0 spiro atoms. The standard InChI is InChI=1S/C11H21NO/c1-8(2)10-7-13-6-5-12-11(10)9(3)4/h8-9,12H,5-7H2,1-4H3. The molecule has 0 saturated carbocycles. The number of ether oxygens (including phenoxy) is 1. The molecule has 1 aliphatic heterocycles. The van der Waals surface area contributed by atoms with E-state index in [-0.39, 0.29) is 0 Å². The average Bonchev–Trinajstić information content (AvgIpc) is 2.27. The van der Waals surface area contributed by atoms with E-state index in [2.05, 4.69) is 33.0 Å². The van der Waals surface area contributed by atoms with E-state index in [1.54, 1.807) is 0 Å². The van der Waals surface area contributed by atoms with Gasteiger partial charge in [0.15, 0.2) is 0 Å². The molecule has 1 aliphatic rings. The Balaban J connectivity index is 2.85. The van der Waals surface area contributed by atoms with Gasteiger partial charge >= 0.3 is 0 Å². The van der Waals surface area contributed by atoms with E-state index in [1.807, 2.05) is 0 Å². The third-order valence-corrected chi connectivity index (χ3v) is 2.44. The molecule has 13 heavy (non-hydrogen) atoms. The van der Waals surface area contributed by atoms with Crippen LogP contribution in [0.2, 0.25) is 0 Å². The molecule has 0 fully saturated rings. The summed E-state index contributed by atoms with van der Waals surface area (Å²) in [5, 5.41) is 3.47. The van der Waals surface area contributed by atoms with Crippen LogP contribution in [0.4, 0.5) is 0 Å². The van der Waals surface area contributed by atoms with Gasteiger partial charge in [-0.2, -0.15) is 0 Å². The van der Waals surface area contributed by atoms with Gasteiger partial charge < -0.3 is 10.1 Å². The normalized spacial score (nSPS) is 19.2. The molecule has 0 unspecified atom stereocenters. The van der Waals surface area contributed by atoms with Gasteiger partial charge in [-0.3, -0.25) is 0 Å². The Hall–Kier alpha value is -0.500. The Morgan fingerprint density at radius 2 is 1.85 bits per heavy atom. The highest BCUT2D eigenvalue weighted by Crippen LogP contribution is 2.20. The lowest BCUT2D eigenvalue weighted by Gasteiger charge is -2.19. The summed E-state index contributed by atoms with van der Waals surface area (Å²) in [5.41, 5.74) is 2.83. The lowest BCUT2D eigenvalue weighted by atomic mass is 9.96. The first kappa shape index (κ1) is 10.6. The first-order valence-electron chi connectivity index (χ1n) is 5.17. The van der Waals surface area contributed by atoms with E-state index in [0.717, 1.165) is 19.8 Å². The number of hydrogen-bond donors (Lipinski definition) is 1. The van der Waals surface area contributed by atoms with E-state index in [1.165, 1.54) is 11.3 Å². The number of allylic oxidation sites excluding steroid dienone is 1. The second kappa shape index (κ2) is 4.66. The molecule has 0 aromatic carbocycles. The van der Waals surface area contributed by atoms with Crippen LogP contribution >= 0.6 is 0 Å². The van der Waals surface area contributed by atoms with Crippen LogP contribution in [0.5, 0.6) is 0 Å². The quantitative estimate of drug-likeness (QED) is 0.708. The summed E-state index contributed by atoms with van der Waals surface area (Å²) in [6.45, 7) is 11.5. The predicted octanol–water partition coefficient (Wildman–Crippen LogP) is 2.17. The van der Waals surface area contributed by atoms with Gasteiger partial charge in [-0.1, -0.05) is 27.7 Å². The fraction of sp³-hybridized carbons (Fsp3) is 0.818. The van der Waals surface area contributed by atoms with Gasteiger partial charge in [-0.15, -0.1) is 0 Å². The molecule has 0 bridgehead atoms. The molecule has 0 aromatic heterocycles. The van der Waals surface area contributed by atoms with Crippen LogP contribution in [0.25, 0.3) is 0 Å². The Bertz CT molecular complexity index is 174. The summed E-state index contributed by atoms with van der Waals surface area (Å²) in [6.07, 6.45) is 0. The van der Waals surface area contributed by atoms with E-state index in [4.69, 9.17) is 4.74 Å². The third-order valence-electron chi connectivity index (χ3n) is 2.44. The van der Waals surface area contributed by atoms with Crippen LogP contribution in [-0.4, -0.2) is 19.8 Å². The zero-order valence-corrected chi connectivity index (χ0v) is 9.18. The number of rotatable bonds is 2. The van der Waals surface area contributed by atoms with Gasteiger partial charge in [-0.05, 0) is 17.4 Å². The minimum Gasteiger partial charge on any atom is -0.386 e. The summed E-state index contributed by atoms with van der Waals surface area (Å²) in [6, 6.07) is 0. The highest BCUT2D eigenvalue weighted by molar-refractivity contribution is 5.18. The zero-order valence-electron chi connectivity index (χ0n) is 9.18. The Morgan fingerprint density at radius 1 is 1.15 bits per heavy atom. The number of hydrogen-bond acceptors (Lipinski definition) is 2. The van der Waals surface area contributed by atoms with Gasteiger partial charge in [0.25, 0.3) is 0 Å². The summed E-state index contributed by atoms with van der Waals surface area (Å²) >= 11 is 0. The molecule has 1 N–H and O–H groups in total. The maximum atomic E-state index is 5.53. The molecule has 1 heterocycles. The molecule has 0 radical (unpaired) electrons. The summed E-state index contributed by atoms with van der Waals surface area (Å²) < 4.78 is 5.53. The number of nitrogens with one attached hydrogen (secondary N) is 1. The van der Waals surface area contributed by atoms with Gasteiger partial charge in [0.05, 0.1) is 13.2 Å². The maximum absolute atomic E-state index is 5.53. The third kappa shape index (κ3) is 2.73. The SMILES string of the molecule is CC(C)C1=C(C(C)C)NCCOC1. The van der Waals surface area contributed by atoms with Gasteiger partial charge in [0.1, 0.15) is 0 Å². The summed E-state index contributed by atoms with van der Waals surface area (Å²) in [5.74, 6) is 1.17. The highest BCUT2D eigenvalue weighted by Gasteiger charge is 2.16. The molecular weight excluding hydrogens is 162 g/mol. The zero-order chi connectivity index (χ0) is 9.84. The monoisotopic (exact) mass is 183 g/mol. The fourth-order valence-corrected chi connectivity index (χ4v) is 1.68. The second-order valence-corrected chi connectivity index (χ2v) is 4.23. The first-order valence-corrected chi connectivity index (χ1v) is 5.17. The van der Waals surface area contributed by atoms with Gasteiger partial charge in [0, 0.05) is 12.2 Å². The minimum absolute atomic E-state index is 0.582. The molecule has 0 aromatic rings.